The standard InChI is InChI=1S/C22H23N3O4/c1-16(14-28-2)23-21(26)15-29-22(27)20-13-19(17-9-5-3-6-10-17)24-25(20)18-11-7-4-8-12-18/h3-13,16H,14-15H2,1-2H3,(H,23,26). The molecule has 29 heavy (non-hydrogen) atoms. The van der Waals surface area contributed by atoms with Crippen LogP contribution in [0, 0.1) is 0 Å². The van der Waals surface area contributed by atoms with Crippen LogP contribution in [0.15, 0.2) is 66.7 Å². The van der Waals surface area contributed by atoms with Crippen molar-refractivity contribution < 1.29 is 19.1 Å². The van der Waals surface area contributed by atoms with E-state index in [9.17, 15) is 9.59 Å². The van der Waals surface area contributed by atoms with Crippen LogP contribution in [-0.4, -0.2) is 48.0 Å². The number of carbonyl (C=O) groups is 2. The monoisotopic (exact) mass is 393 g/mol. The third-order valence-corrected chi connectivity index (χ3v) is 4.15. The van der Waals surface area contributed by atoms with Gasteiger partial charge in [-0.2, -0.15) is 5.10 Å². The van der Waals surface area contributed by atoms with Crippen LogP contribution in [0.25, 0.3) is 16.9 Å². The molecule has 0 fully saturated rings. The quantitative estimate of drug-likeness (QED) is 0.595. The fraction of sp³-hybridized carbons (Fsp3) is 0.227. The first-order valence-corrected chi connectivity index (χ1v) is 9.25. The predicted octanol–water partition coefficient (Wildman–Crippen LogP) is 2.85. The largest absolute Gasteiger partial charge is 0.451 e. The molecule has 3 rings (SSSR count). The number of rotatable bonds is 8. The lowest BCUT2D eigenvalue weighted by molar-refractivity contribution is -0.125. The number of nitrogens with zero attached hydrogens (tertiary/aromatic N) is 2. The number of para-hydroxylation sites is 1. The number of hydrogen-bond acceptors (Lipinski definition) is 5. The summed E-state index contributed by atoms with van der Waals surface area (Å²) in [5, 5.41) is 7.27. The van der Waals surface area contributed by atoms with Gasteiger partial charge in [0.2, 0.25) is 0 Å². The van der Waals surface area contributed by atoms with Gasteiger partial charge in [-0.05, 0) is 25.1 Å². The average Bonchev–Trinajstić information content (AvgIpc) is 3.19. The summed E-state index contributed by atoms with van der Waals surface area (Å²) in [5.41, 5.74) is 2.48. The number of nitrogens with one attached hydrogen (secondary N) is 1. The molecule has 1 unspecified atom stereocenters. The van der Waals surface area contributed by atoms with Gasteiger partial charge in [0.1, 0.15) is 0 Å². The molecule has 1 aromatic heterocycles. The molecular formula is C22H23N3O4. The van der Waals surface area contributed by atoms with E-state index in [-0.39, 0.29) is 18.3 Å². The van der Waals surface area contributed by atoms with E-state index >= 15 is 0 Å². The highest BCUT2D eigenvalue weighted by Crippen LogP contribution is 2.22. The van der Waals surface area contributed by atoms with Crippen LogP contribution in [0.3, 0.4) is 0 Å². The van der Waals surface area contributed by atoms with E-state index in [0.29, 0.717) is 12.3 Å². The highest BCUT2D eigenvalue weighted by atomic mass is 16.5. The first-order valence-electron chi connectivity index (χ1n) is 9.25. The van der Waals surface area contributed by atoms with Gasteiger partial charge in [0.05, 0.1) is 18.0 Å². The van der Waals surface area contributed by atoms with Gasteiger partial charge in [-0.1, -0.05) is 48.5 Å². The van der Waals surface area contributed by atoms with Gasteiger partial charge >= 0.3 is 5.97 Å². The predicted molar refractivity (Wildman–Crippen MR) is 109 cm³/mol. The maximum absolute atomic E-state index is 12.7. The first-order chi connectivity index (χ1) is 14.1. The fourth-order valence-corrected chi connectivity index (χ4v) is 2.86. The summed E-state index contributed by atoms with van der Waals surface area (Å²) in [5.74, 6) is -1.02. The summed E-state index contributed by atoms with van der Waals surface area (Å²) in [6, 6.07) is 20.3. The Bertz CT molecular complexity index is 955. The maximum Gasteiger partial charge on any atom is 0.357 e. The summed E-state index contributed by atoms with van der Waals surface area (Å²) in [6.45, 7) is 1.80. The molecule has 3 aromatic rings. The second-order valence-electron chi connectivity index (χ2n) is 6.53. The Labute approximate surface area is 169 Å². The van der Waals surface area contributed by atoms with Gasteiger partial charge in [-0.25, -0.2) is 9.48 Å². The van der Waals surface area contributed by atoms with E-state index in [1.807, 2.05) is 60.7 Å². The van der Waals surface area contributed by atoms with Crippen LogP contribution in [0.4, 0.5) is 0 Å². The fourth-order valence-electron chi connectivity index (χ4n) is 2.86. The van der Waals surface area contributed by atoms with Crippen LogP contribution in [0.2, 0.25) is 0 Å². The summed E-state index contributed by atoms with van der Waals surface area (Å²) < 4.78 is 11.7. The van der Waals surface area contributed by atoms with Crippen molar-refractivity contribution in [1.29, 1.82) is 0 Å². The Kier molecular flexibility index (Phi) is 6.76. The normalized spacial score (nSPS) is 11.7. The molecule has 7 nitrogen and oxygen atoms in total. The maximum atomic E-state index is 12.7. The summed E-state index contributed by atoms with van der Waals surface area (Å²) in [6.07, 6.45) is 0. The highest BCUT2D eigenvalue weighted by molar-refractivity contribution is 5.91. The highest BCUT2D eigenvalue weighted by Gasteiger charge is 2.20. The summed E-state index contributed by atoms with van der Waals surface area (Å²) >= 11 is 0. The second-order valence-corrected chi connectivity index (χ2v) is 6.53. The molecule has 0 bridgehead atoms. The number of carbonyl (C=O) groups excluding carboxylic acids is 2. The zero-order valence-electron chi connectivity index (χ0n) is 16.4. The minimum absolute atomic E-state index is 0.175. The number of amides is 1. The van der Waals surface area contributed by atoms with Gasteiger partial charge in [-0.3, -0.25) is 4.79 Å². The van der Waals surface area contributed by atoms with Crippen molar-refractivity contribution in [1.82, 2.24) is 15.1 Å². The number of benzene rings is 2. The van der Waals surface area contributed by atoms with Crippen molar-refractivity contribution in [2.24, 2.45) is 0 Å². The van der Waals surface area contributed by atoms with Gasteiger partial charge in [-0.15, -0.1) is 0 Å². The van der Waals surface area contributed by atoms with Crippen molar-refractivity contribution in [3.05, 3.63) is 72.4 Å². The van der Waals surface area contributed by atoms with Crippen LogP contribution < -0.4 is 5.32 Å². The number of aromatic nitrogens is 2. The lowest BCUT2D eigenvalue weighted by Gasteiger charge is -2.13. The lowest BCUT2D eigenvalue weighted by atomic mass is 10.1. The van der Waals surface area contributed by atoms with Crippen molar-refractivity contribution in [2.75, 3.05) is 20.3 Å². The van der Waals surface area contributed by atoms with Crippen molar-refractivity contribution in [3.8, 4) is 16.9 Å². The molecule has 0 radical (unpaired) electrons. The van der Waals surface area contributed by atoms with Crippen LogP contribution in [-0.2, 0) is 14.3 Å². The zero-order chi connectivity index (χ0) is 20.6. The molecule has 0 aliphatic carbocycles. The Morgan fingerprint density at radius 2 is 1.72 bits per heavy atom. The molecule has 0 spiro atoms. The minimum atomic E-state index is -0.627. The van der Waals surface area contributed by atoms with E-state index in [1.54, 1.807) is 20.1 Å². The zero-order valence-corrected chi connectivity index (χ0v) is 16.4. The lowest BCUT2D eigenvalue weighted by Crippen LogP contribution is -2.38. The van der Waals surface area contributed by atoms with Crippen molar-refractivity contribution >= 4 is 11.9 Å². The van der Waals surface area contributed by atoms with E-state index in [2.05, 4.69) is 10.4 Å². The van der Waals surface area contributed by atoms with Gasteiger partial charge in [0.15, 0.2) is 12.3 Å². The van der Waals surface area contributed by atoms with Gasteiger partial charge < -0.3 is 14.8 Å². The number of methoxy groups -OCH3 is 1. The molecule has 1 heterocycles. The van der Waals surface area contributed by atoms with Gasteiger partial charge in [0, 0.05) is 18.7 Å². The van der Waals surface area contributed by atoms with Crippen LogP contribution >= 0.6 is 0 Å². The molecule has 0 aliphatic rings. The molecule has 0 aliphatic heterocycles. The third-order valence-electron chi connectivity index (χ3n) is 4.15. The summed E-state index contributed by atoms with van der Waals surface area (Å²) in [7, 11) is 1.55. The molecule has 1 atom stereocenters. The van der Waals surface area contributed by atoms with E-state index in [1.165, 1.54) is 4.68 Å². The Morgan fingerprint density at radius 1 is 1.07 bits per heavy atom. The molecular weight excluding hydrogens is 370 g/mol. The Morgan fingerprint density at radius 3 is 2.38 bits per heavy atom. The number of ether oxygens (including phenoxy) is 2. The smallest absolute Gasteiger partial charge is 0.357 e. The van der Waals surface area contributed by atoms with Crippen LogP contribution in [0.1, 0.15) is 17.4 Å². The molecule has 7 heteroatoms. The average molecular weight is 393 g/mol. The Balaban J connectivity index is 1.80. The first kappa shape index (κ1) is 20.3. The SMILES string of the molecule is COCC(C)NC(=O)COC(=O)c1cc(-c2ccccc2)nn1-c1ccccc1. The third kappa shape index (κ3) is 5.30. The minimum Gasteiger partial charge on any atom is -0.451 e. The second kappa shape index (κ2) is 9.66. The van der Waals surface area contributed by atoms with Crippen molar-refractivity contribution in [3.63, 3.8) is 0 Å². The molecule has 1 amide bonds. The number of hydrogen-bond donors (Lipinski definition) is 1. The van der Waals surface area contributed by atoms with Crippen LogP contribution in [0.5, 0.6) is 0 Å². The van der Waals surface area contributed by atoms with Gasteiger partial charge in [0.25, 0.3) is 5.91 Å². The van der Waals surface area contributed by atoms with E-state index in [0.717, 1.165) is 11.3 Å². The topological polar surface area (TPSA) is 82.4 Å². The molecule has 0 saturated carbocycles. The summed E-state index contributed by atoms with van der Waals surface area (Å²) in [4.78, 5) is 24.7. The number of esters is 1. The molecule has 0 saturated heterocycles. The van der Waals surface area contributed by atoms with E-state index in [4.69, 9.17) is 9.47 Å². The molecule has 2 aromatic carbocycles. The molecule has 150 valence electrons. The Hall–Kier alpha value is -3.45. The molecule has 1 N–H and O–H groups in total. The van der Waals surface area contributed by atoms with E-state index < -0.39 is 11.9 Å². The van der Waals surface area contributed by atoms with Crippen molar-refractivity contribution in [2.45, 2.75) is 13.0 Å².